The molecule has 0 bridgehead atoms. The third-order valence-corrected chi connectivity index (χ3v) is 3.24. The number of hydrogen-bond donors (Lipinski definition) is 0. The second kappa shape index (κ2) is 6.91. The van der Waals surface area contributed by atoms with Gasteiger partial charge in [0.2, 0.25) is 5.69 Å². The van der Waals surface area contributed by atoms with Gasteiger partial charge in [0, 0.05) is 22.7 Å². The number of ether oxygens (including phenoxy) is 1. The number of rotatable bonds is 4. The molecule has 0 radical (unpaired) electrons. The number of methoxy groups -OCH3 is 1. The van der Waals surface area contributed by atoms with Crippen molar-refractivity contribution in [1.82, 2.24) is 0 Å². The Kier molecular flexibility index (Phi) is 4.96. The molecule has 0 aliphatic carbocycles. The van der Waals surface area contributed by atoms with Crippen LogP contribution in [0.1, 0.15) is 5.56 Å². The Balaban J connectivity index is 2.06. The van der Waals surface area contributed by atoms with Crippen LogP contribution in [-0.4, -0.2) is 18.1 Å². The van der Waals surface area contributed by atoms with Gasteiger partial charge >= 0.3 is 0 Å². The van der Waals surface area contributed by atoms with Gasteiger partial charge in [0.1, 0.15) is 5.75 Å². The molecule has 2 rings (SSSR count). The number of benzene rings is 2. The maximum atomic E-state index is 11.8. The summed E-state index contributed by atoms with van der Waals surface area (Å²) in [6.07, 6.45) is 5.06. The maximum absolute atomic E-state index is 11.8. The lowest BCUT2D eigenvalue weighted by atomic mass is 10.2. The fourth-order valence-electron chi connectivity index (χ4n) is 1.62. The first-order chi connectivity index (χ1) is 9.69. The lowest BCUT2D eigenvalue weighted by molar-refractivity contribution is -0.354. The largest absolute Gasteiger partial charge is 0.618 e. The molecule has 0 aromatic heterocycles. The Morgan fingerprint density at radius 1 is 1.05 bits per heavy atom. The SMILES string of the molecule is COc1ccc(/C=C/C=[N+](\[O-])c2ccc(Br)cc2)cc1. The van der Waals surface area contributed by atoms with Crippen molar-refractivity contribution >= 4 is 33.9 Å². The van der Waals surface area contributed by atoms with Gasteiger partial charge in [-0.05, 0) is 35.9 Å². The second-order valence-electron chi connectivity index (χ2n) is 4.08. The molecule has 102 valence electrons. The summed E-state index contributed by atoms with van der Waals surface area (Å²) in [5.74, 6) is 0.812. The minimum absolute atomic E-state index is 0.590. The van der Waals surface area contributed by atoms with Gasteiger partial charge in [0.25, 0.3) is 0 Å². The molecular weight excluding hydrogens is 318 g/mol. The highest BCUT2D eigenvalue weighted by Crippen LogP contribution is 2.16. The maximum Gasteiger partial charge on any atom is 0.216 e. The normalized spacial score (nSPS) is 11.8. The van der Waals surface area contributed by atoms with E-state index in [1.54, 1.807) is 25.3 Å². The Labute approximate surface area is 126 Å². The summed E-state index contributed by atoms with van der Waals surface area (Å²) in [5.41, 5.74) is 1.60. The Morgan fingerprint density at radius 3 is 2.30 bits per heavy atom. The lowest BCUT2D eigenvalue weighted by Crippen LogP contribution is -1.94. The summed E-state index contributed by atoms with van der Waals surface area (Å²) in [6.45, 7) is 0. The fraction of sp³-hybridized carbons (Fsp3) is 0.0625. The van der Waals surface area contributed by atoms with Crippen LogP contribution < -0.4 is 4.74 Å². The van der Waals surface area contributed by atoms with Crippen LogP contribution in [0, 0.1) is 5.21 Å². The highest BCUT2D eigenvalue weighted by atomic mass is 79.9. The molecule has 0 heterocycles. The molecule has 0 fully saturated rings. The van der Waals surface area contributed by atoms with Crippen molar-refractivity contribution < 1.29 is 9.48 Å². The predicted molar refractivity (Wildman–Crippen MR) is 85.5 cm³/mol. The molecule has 0 aliphatic heterocycles. The van der Waals surface area contributed by atoms with Gasteiger partial charge in [-0.2, -0.15) is 4.74 Å². The van der Waals surface area contributed by atoms with Gasteiger partial charge < -0.3 is 9.94 Å². The van der Waals surface area contributed by atoms with Crippen molar-refractivity contribution in [2.75, 3.05) is 7.11 Å². The Bertz CT molecular complexity index is 616. The van der Waals surface area contributed by atoms with E-state index in [2.05, 4.69) is 15.9 Å². The summed E-state index contributed by atoms with van der Waals surface area (Å²) in [7, 11) is 1.63. The molecule has 0 N–H and O–H groups in total. The zero-order chi connectivity index (χ0) is 14.4. The van der Waals surface area contributed by atoms with Crippen LogP contribution in [-0.2, 0) is 0 Å². The minimum atomic E-state index is 0.590. The van der Waals surface area contributed by atoms with Crippen LogP contribution in [0.3, 0.4) is 0 Å². The van der Waals surface area contributed by atoms with Gasteiger partial charge in [-0.1, -0.05) is 28.1 Å². The van der Waals surface area contributed by atoms with Crippen molar-refractivity contribution in [3.05, 3.63) is 69.9 Å². The van der Waals surface area contributed by atoms with E-state index in [1.807, 2.05) is 42.5 Å². The number of halogens is 1. The van der Waals surface area contributed by atoms with E-state index >= 15 is 0 Å². The number of nitrogens with zero attached hydrogens (tertiary/aromatic N) is 1. The van der Waals surface area contributed by atoms with E-state index in [1.165, 1.54) is 6.21 Å². The van der Waals surface area contributed by atoms with Crippen LogP contribution in [0.5, 0.6) is 5.75 Å². The molecule has 2 aromatic carbocycles. The minimum Gasteiger partial charge on any atom is -0.618 e. The number of allylic oxidation sites excluding steroid dienone is 1. The summed E-state index contributed by atoms with van der Waals surface area (Å²) >= 11 is 3.33. The molecule has 0 amide bonds. The molecule has 3 nitrogen and oxygen atoms in total. The molecular formula is C16H14BrNO2. The summed E-state index contributed by atoms with van der Waals surface area (Å²) in [6, 6.07) is 14.8. The first kappa shape index (κ1) is 14.3. The van der Waals surface area contributed by atoms with Gasteiger partial charge in [-0.15, -0.1) is 0 Å². The van der Waals surface area contributed by atoms with E-state index in [9.17, 15) is 5.21 Å². The van der Waals surface area contributed by atoms with E-state index < -0.39 is 0 Å². The smallest absolute Gasteiger partial charge is 0.216 e. The lowest BCUT2D eigenvalue weighted by Gasteiger charge is -2.01. The highest BCUT2D eigenvalue weighted by Gasteiger charge is 1.98. The molecule has 4 heteroatoms. The predicted octanol–water partition coefficient (Wildman–Crippen LogP) is 4.38. The molecule has 0 aliphatic rings. The Hall–Kier alpha value is -2.07. The van der Waals surface area contributed by atoms with Crippen LogP contribution in [0.15, 0.2) is 59.1 Å². The van der Waals surface area contributed by atoms with E-state index in [-0.39, 0.29) is 0 Å². The molecule has 0 atom stereocenters. The fourth-order valence-corrected chi connectivity index (χ4v) is 1.89. The molecule has 0 saturated heterocycles. The van der Waals surface area contributed by atoms with Gasteiger partial charge in [-0.25, -0.2) is 0 Å². The molecule has 0 unspecified atom stereocenters. The quantitative estimate of drug-likeness (QED) is 0.360. The zero-order valence-corrected chi connectivity index (χ0v) is 12.6. The van der Waals surface area contributed by atoms with E-state index in [0.29, 0.717) is 5.69 Å². The van der Waals surface area contributed by atoms with Crippen LogP contribution >= 0.6 is 15.9 Å². The second-order valence-corrected chi connectivity index (χ2v) is 5.00. The topological polar surface area (TPSA) is 35.3 Å². The van der Waals surface area contributed by atoms with E-state index in [4.69, 9.17) is 4.74 Å². The van der Waals surface area contributed by atoms with Crippen LogP contribution in [0.4, 0.5) is 5.69 Å². The van der Waals surface area contributed by atoms with Crippen LogP contribution in [0.2, 0.25) is 0 Å². The first-order valence-electron chi connectivity index (χ1n) is 6.06. The van der Waals surface area contributed by atoms with E-state index in [0.717, 1.165) is 20.5 Å². The zero-order valence-electron chi connectivity index (χ0n) is 11.0. The van der Waals surface area contributed by atoms with Crippen molar-refractivity contribution in [3.8, 4) is 5.75 Å². The highest BCUT2D eigenvalue weighted by molar-refractivity contribution is 9.10. The Morgan fingerprint density at radius 2 is 1.70 bits per heavy atom. The standard InChI is InChI=1S/C16H14BrNO2/c1-20-16-10-4-13(5-11-16)3-2-12-18(19)15-8-6-14(17)7-9-15/h2-12H,1H3/b3-2+,18-12-. The van der Waals surface area contributed by atoms with Crippen molar-refractivity contribution in [2.45, 2.75) is 0 Å². The molecule has 20 heavy (non-hydrogen) atoms. The summed E-state index contributed by atoms with van der Waals surface area (Å²) in [5, 5.41) is 11.8. The molecule has 2 aromatic rings. The van der Waals surface area contributed by atoms with Gasteiger partial charge in [0.15, 0.2) is 6.21 Å². The van der Waals surface area contributed by atoms with Gasteiger partial charge in [-0.3, -0.25) is 0 Å². The van der Waals surface area contributed by atoms with Crippen molar-refractivity contribution in [1.29, 1.82) is 0 Å². The average molecular weight is 332 g/mol. The van der Waals surface area contributed by atoms with Gasteiger partial charge in [0.05, 0.1) is 7.11 Å². The number of hydrogen-bond acceptors (Lipinski definition) is 2. The summed E-state index contributed by atoms with van der Waals surface area (Å²) < 4.78 is 6.86. The third-order valence-electron chi connectivity index (χ3n) is 2.71. The van der Waals surface area contributed by atoms with Crippen molar-refractivity contribution in [3.63, 3.8) is 0 Å². The third kappa shape index (κ3) is 3.96. The van der Waals surface area contributed by atoms with Crippen LogP contribution in [0.25, 0.3) is 6.08 Å². The average Bonchev–Trinajstić information content (AvgIpc) is 2.48. The molecule has 0 spiro atoms. The van der Waals surface area contributed by atoms with Crippen molar-refractivity contribution in [2.24, 2.45) is 0 Å². The summed E-state index contributed by atoms with van der Waals surface area (Å²) in [4.78, 5) is 0. The first-order valence-corrected chi connectivity index (χ1v) is 6.86. The monoisotopic (exact) mass is 331 g/mol. The molecule has 0 saturated carbocycles.